The van der Waals surface area contributed by atoms with Gasteiger partial charge in [0.05, 0.1) is 17.9 Å². The molecule has 134 valence electrons. The molecule has 0 radical (unpaired) electrons. The minimum atomic E-state index is -3.22. The van der Waals surface area contributed by atoms with Gasteiger partial charge in [-0.2, -0.15) is 4.31 Å². The first-order valence-electron chi connectivity index (χ1n) is 7.85. The normalized spacial score (nSPS) is 16.2. The van der Waals surface area contributed by atoms with Gasteiger partial charge in [0.2, 0.25) is 15.9 Å². The van der Waals surface area contributed by atoms with Crippen molar-refractivity contribution in [1.82, 2.24) is 14.5 Å². The van der Waals surface area contributed by atoms with Gasteiger partial charge in [0.25, 0.3) is 5.91 Å². The lowest BCUT2D eigenvalue weighted by atomic mass is 10.2. The molecular formula is C15H23N3O5S. The average molecular weight is 357 g/mol. The van der Waals surface area contributed by atoms with Crippen molar-refractivity contribution < 1.29 is 22.4 Å². The molecule has 0 atom stereocenters. The van der Waals surface area contributed by atoms with Gasteiger partial charge in [-0.25, -0.2) is 8.42 Å². The van der Waals surface area contributed by atoms with Crippen molar-refractivity contribution in [3.05, 3.63) is 23.2 Å². The highest BCUT2D eigenvalue weighted by molar-refractivity contribution is 7.89. The molecule has 8 nitrogen and oxygen atoms in total. The van der Waals surface area contributed by atoms with E-state index in [4.69, 9.17) is 4.42 Å². The largest absolute Gasteiger partial charge is 0.466 e. The molecule has 1 N–H and O–H groups in total. The zero-order valence-electron chi connectivity index (χ0n) is 14.2. The first kappa shape index (κ1) is 18.5. The van der Waals surface area contributed by atoms with Gasteiger partial charge >= 0.3 is 0 Å². The Hall–Kier alpha value is -1.87. The molecule has 2 heterocycles. The van der Waals surface area contributed by atoms with Crippen LogP contribution in [0.25, 0.3) is 0 Å². The van der Waals surface area contributed by atoms with E-state index < -0.39 is 10.0 Å². The molecule has 2 amide bonds. The zero-order chi connectivity index (χ0) is 17.9. The van der Waals surface area contributed by atoms with Gasteiger partial charge in [0, 0.05) is 26.2 Å². The summed E-state index contributed by atoms with van der Waals surface area (Å²) in [7, 11) is -3.22. The van der Waals surface area contributed by atoms with E-state index in [0.717, 1.165) is 0 Å². The summed E-state index contributed by atoms with van der Waals surface area (Å²) in [5.41, 5.74) is 0.416. The van der Waals surface area contributed by atoms with Crippen molar-refractivity contribution in [3.63, 3.8) is 0 Å². The van der Waals surface area contributed by atoms with E-state index >= 15 is 0 Å². The molecule has 0 spiro atoms. The lowest BCUT2D eigenvalue weighted by Gasteiger charge is -2.33. The fourth-order valence-electron chi connectivity index (χ4n) is 2.62. The second-order valence-electron chi connectivity index (χ2n) is 5.69. The van der Waals surface area contributed by atoms with Crippen LogP contribution in [-0.2, 0) is 14.8 Å². The summed E-state index contributed by atoms with van der Waals surface area (Å²) in [6.45, 7) is 6.15. The van der Waals surface area contributed by atoms with Crippen LogP contribution < -0.4 is 5.32 Å². The molecule has 0 bridgehead atoms. The van der Waals surface area contributed by atoms with Crippen LogP contribution in [0.2, 0.25) is 0 Å². The van der Waals surface area contributed by atoms with Crippen LogP contribution in [0.1, 0.15) is 28.8 Å². The number of furan rings is 1. The van der Waals surface area contributed by atoms with Crippen LogP contribution in [0.15, 0.2) is 10.5 Å². The van der Waals surface area contributed by atoms with Crippen LogP contribution in [0.4, 0.5) is 0 Å². The molecule has 1 aliphatic heterocycles. The Morgan fingerprint density at radius 1 is 1.21 bits per heavy atom. The molecule has 0 aliphatic carbocycles. The van der Waals surface area contributed by atoms with Crippen molar-refractivity contribution in [2.24, 2.45) is 0 Å². The van der Waals surface area contributed by atoms with Crippen molar-refractivity contribution in [2.75, 3.05) is 38.5 Å². The quantitative estimate of drug-likeness (QED) is 0.807. The van der Waals surface area contributed by atoms with Gasteiger partial charge in [-0.05, 0) is 26.8 Å². The Morgan fingerprint density at radius 3 is 2.33 bits per heavy atom. The second kappa shape index (κ2) is 7.35. The lowest BCUT2D eigenvalue weighted by Crippen LogP contribution is -2.52. The molecule has 1 aliphatic rings. The number of rotatable bonds is 5. The van der Waals surface area contributed by atoms with Gasteiger partial charge in [-0.3, -0.25) is 9.59 Å². The summed E-state index contributed by atoms with van der Waals surface area (Å²) in [4.78, 5) is 25.8. The van der Waals surface area contributed by atoms with Crippen LogP contribution in [-0.4, -0.2) is 67.9 Å². The number of piperazine rings is 1. The molecule has 9 heteroatoms. The van der Waals surface area contributed by atoms with Gasteiger partial charge in [0.15, 0.2) is 0 Å². The fraction of sp³-hybridized carbons (Fsp3) is 0.600. The number of carbonyl (C=O) groups excluding carboxylic acids is 2. The standard InChI is InChI=1S/C15H23N3O5S/c1-4-24(21,22)18-7-5-17(6-8-18)14(19)10-16-15(20)13-9-11(2)23-12(13)3/h9H,4-8,10H2,1-3H3,(H,16,20). The fourth-order valence-corrected chi connectivity index (χ4v) is 3.70. The number of carbonyl (C=O) groups is 2. The number of sulfonamides is 1. The molecule has 1 fully saturated rings. The van der Waals surface area contributed by atoms with Gasteiger partial charge in [-0.1, -0.05) is 0 Å². The predicted molar refractivity (Wildman–Crippen MR) is 88.1 cm³/mol. The first-order chi connectivity index (χ1) is 11.2. The van der Waals surface area contributed by atoms with E-state index in [9.17, 15) is 18.0 Å². The lowest BCUT2D eigenvalue weighted by molar-refractivity contribution is -0.131. The van der Waals surface area contributed by atoms with Crippen molar-refractivity contribution >= 4 is 21.8 Å². The van der Waals surface area contributed by atoms with Crippen LogP contribution in [0.3, 0.4) is 0 Å². The average Bonchev–Trinajstić information content (AvgIpc) is 2.91. The summed E-state index contributed by atoms with van der Waals surface area (Å²) in [6, 6.07) is 1.63. The van der Waals surface area contributed by atoms with Gasteiger partial charge in [-0.15, -0.1) is 0 Å². The van der Waals surface area contributed by atoms with E-state index in [1.165, 1.54) is 4.31 Å². The molecule has 0 aromatic carbocycles. The summed E-state index contributed by atoms with van der Waals surface area (Å²) in [5, 5.41) is 2.58. The van der Waals surface area contributed by atoms with E-state index in [1.54, 1.807) is 31.7 Å². The maximum absolute atomic E-state index is 12.2. The van der Waals surface area contributed by atoms with Crippen molar-refractivity contribution in [1.29, 1.82) is 0 Å². The number of nitrogens with one attached hydrogen (secondary N) is 1. The van der Waals surface area contributed by atoms with Crippen LogP contribution in [0.5, 0.6) is 0 Å². The third-order valence-electron chi connectivity index (χ3n) is 4.04. The summed E-state index contributed by atoms with van der Waals surface area (Å²) in [6.07, 6.45) is 0. The highest BCUT2D eigenvalue weighted by atomic mass is 32.2. The van der Waals surface area contributed by atoms with E-state index in [-0.39, 0.29) is 37.2 Å². The maximum atomic E-state index is 12.2. The summed E-state index contributed by atoms with van der Waals surface area (Å²) >= 11 is 0. The SMILES string of the molecule is CCS(=O)(=O)N1CCN(C(=O)CNC(=O)c2cc(C)oc2C)CC1. The predicted octanol–water partition coefficient (Wildman–Crippen LogP) is 0.120. The summed E-state index contributed by atoms with van der Waals surface area (Å²) < 4.78 is 30.3. The van der Waals surface area contributed by atoms with Crippen LogP contribution >= 0.6 is 0 Å². The Labute approximate surface area is 141 Å². The van der Waals surface area contributed by atoms with Crippen molar-refractivity contribution in [3.8, 4) is 0 Å². The number of hydrogen-bond acceptors (Lipinski definition) is 5. The third kappa shape index (κ3) is 4.15. The second-order valence-corrected chi connectivity index (χ2v) is 7.95. The molecule has 0 saturated carbocycles. The molecular weight excluding hydrogens is 334 g/mol. The van der Waals surface area contributed by atoms with E-state index in [2.05, 4.69) is 5.32 Å². The Kier molecular flexibility index (Phi) is 5.66. The smallest absolute Gasteiger partial charge is 0.255 e. The maximum Gasteiger partial charge on any atom is 0.255 e. The highest BCUT2D eigenvalue weighted by Crippen LogP contribution is 2.13. The van der Waals surface area contributed by atoms with Gasteiger partial charge < -0.3 is 14.6 Å². The third-order valence-corrected chi connectivity index (χ3v) is 5.92. The highest BCUT2D eigenvalue weighted by Gasteiger charge is 2.27. The number of amides is 2. The molecule has 2 rings (SSSR count). The monoisotopic (exact) mass is 357 g/mol. The molecule has 1 aromatic heterocycles. The van der Waals surface area contributed by atoms with E-state index in [0.29, 0.717) is 30.2 Å². The first-order valence-corrected chi connectivity index (χ1v) is 9.46. The number of hydrogen-bond donors (Lipinski definition) is 1. The molecule has 1 aromatic rings. The summed E-state index contributed by atoms with van der Waals surface area (Å²) in [5.74, 6) is 0.619. The Balaban J connectivity index is 1.84. The number of aryl methyl sites for hydroxylation is 2. The van der Waals surface area contributed by atoms with Crippen LogP contribution in [0, 0.1) is 13.8 Å². The minimum absolute atomic E-state index is 0.0560. The van der Waals surface area contributed by atoms with E-state index in [1.807, 2.05) is 0 Å². The molecule has 0 unspecified atom stereocenters. The molecule has 1 saturated heterocycles. The van der Waals surface area contributed by atoms with Crippen molar-refractivity contribution in [2.45, 2.75) is 20.8 Å². The Bertz CT molecular complexity index is 717. The molecule has 24 heavy (non-hydrogen) atoms. The zero-order valence-corrected chi connectivity index (χ0v) is 15.0. The Morgan fingerprint density at radius 2 is 1.83 bits per heavy atom. The minimum Gasteiger partial charge on any atom is -0.466 e. The topological polar surface area (TPSA) is 99.9 Å². The number of nitrogens with zero attached hydrogens (tertiary/aromatic N) is 2. The van der Waals surface area contributed by atoms with Gasteiger partial charge in [0.1, 0.15) is 11.5 Å².